The quantitative estimate of drug-likeness (QED) is 0.366. The molecular formula is C29H36F3N3O5. The Bertz CT molecular complexity index is 1150. The SMILES string of the molecule is CC(C)(C)OC(=O)Nc1ccccc1N(C[C@@H](NC(=O)C(F)(F)F)C(=O)OCc1ccccc1)C1CCCCC1. The van der Waals surface area contributed by atoms with Gasteiger partial charge in [0, 0.05) is 12.6 Å². The molecule has 0 radical (unpaired) electrons. The van der Waals surface area contributed by atoms with E-state index in [0.29, 0.717) is 16.9 Å². The Labute approximate surface area is 232 Å². The molecule has 1 aliphatic carbocycles. The zero-order valence-corrected chi connectivity index (χ0v) is 22.9. The lowest BCUT2D eigenvalue weighted by Crippen LogP contribution is -2.54. The maximum Gasteiger partial charge on any atom is 0.471 e. The number of hydrogen-bond donors (Lipinski definition) is 2. The molecular weight excluding hydrogens is 527 g/mol. The number of esters is 1. The number of alkyl halides is 3. The third kappa shape index (κ3) is 9.46. The molecule has 3 rings (SSSR count). The first kappa shape index (κ1) is 30.8. The van der Waals surface area contributed by atoms with E-state index < -0.39 is 35.8 Å². The van der Waals surface area contributed by atoms with E-state index in [-0.39, 0.29) is 19.2 Å². The van der Waals surface area contributed by atoms with Crippen LogP contribution in [-0.2, 0) is 25.7 Å². The average molecular weight is 564 g/mol. The number of para-hydroxylation sites is 2. The third-order valence-corrected chi connectivity index (χ3v) is 6.32. The van der Waals surface area contributed by atoms with Crippen LogP contribution in [0.3, 0.4) is 0 Å². The number of hydrogen-bond acceptors (Lipinski definition) is 6. The fourth-order valence-corrected chi connectivity index (χ4v) is 4.53. The highest BCUT2D eigenvalue weighted by Gasteiger charge is 2.42. The summed E-state index contributed by atoms with van der Waals surface area (Å²) in [6.45, 7) is 4.71. The number of carbonyl (C=O) groups is 3. The number of carbonyl (C=O) groups excluding carboxylic acids is 3. The Morgan fingerprint density at radius 2 is 1.57 bits per heavy atom. The summed E-state index contributed by atoms with van der Waals surface area (Å²) >= 11 is 0. The van der Waals surface area contributed by atoms with Crippen LogP contribution in [0.1, 0.15) is 58.4 Å². The minimum absolute atomic E-state index is 0.150. The van der Waals surface area contributed by atoms with Gasteiger partial charge in [0.05, 0.1) is 11.4 Å². The van der Waals surface area contributed by atoms with E-state index in [1.165, 1.54) is 0 Å². The molecule has 0 spiro atoms. The number of ether oxygens (including phenoxy) is 2. The van der Waals surface area contributed by atoms with Crippen LogP contribution < -0.4 is 15.5 Å². The van der Waals surface area contributed by atoms with Crippen molar-refractivity contribution in [3.05, 3.63) is 60.2 Å². The summed E-state index contributed by atoms with van der Waals surface area (Å²) < 4.78 is 50.4. The summed E-state index contributed by atoms with van der Waals surface area (Å²) in [7, 11) is 0. The molecule has 0 saturated heterocycles. The van der Waals surface area contributed by atoms with Crippen LogP contribution in [0.4, 0.5) is 29.3 Å². The third-order valence-electron chi connectivity index (χ3n) is 6.32. The molecule has 2 N–H and O–H groups in total. The lowest BCUT2D eigenvalue weighted by Gasteiger charge is -2.39. The predicted molar refractivity (Wildman–Crippen MR) is 145 cm³/mol. The maximum atomic E-state index is 13.2. The Morgan fingerprint density at radius 1 is 0.950 bits per heavy atom. The highest BCUT2D eigenvalue weighted by Crippen LogP contribution is 2.33. The van der Waals surface area contributed by atoms with Crippen LogP contribution in [-0.4, -0.2) is 48.4 Å². The molecule has 40 heavy (non-hydrogen) atoms. The highest BCUT2D eigenvalue weighted by atomic mass is 19.4. The van der Waals surface area contributed by atoms with Crippen molar-refractivity contribution < 1.29 is 37.0 Å². The van der Waals surface area contributed by atoms with Crippen molar-refractivity contribution in [3.63, 3.8) is 0 Å². The number of anilines is 2. The van der Waals surface area contributed by atoms with Gasteiger partial charge < -0.3 is 19.7 Å². The van der Waals surface area contributed by atoms with Crippen molar-refractivity contribution in [2.75, 3.05) is 16.8 Å². The van der Waals surface area contributed by atoms with Crippen LogP contribution >= 0.6 is 0 Å². The number of nitrogens with zero attached hydrogens (tertiary/aromatic N) is 1. The normalized spacial score (nSPS) is 15.1. The van der Waals surface area contributed by atoms with Crippen LogP contribution in [0.5, 0.6) is 0 Å². The van der Waals surface area contributed by atoms with E-state index in [4.69, 9.17) is 9.47 Å². The van der Waals surface area contributed by atoms with Gasteiger partial charge in [-0.25, -0.2) is 9.59 Å². The number of nitrogens with one attached hydrogen (secondary N) is 2. The Hall–Kier alpha value is -3.76. The van der Waals surface area contributed by atoms with Crippen molar-refractivity contribution in [2.45, 2.75) is 83.3 Å². The van der Waals surface area contributed by atoms with Gasteiger partial charge in [-0.3, -0.25) is 10.1 Å². The molecule has 1 fully saturated rings. The van der Waals surface area contributed by atoms with Gasteiger partial charge in [-0.2, -0.15) is 13.2 Å². The fourth-order valence-electron chi connectivity index (χ4n) is 4.53. The molecule has 218 valence electrons. The van der Waals surface area contributed by atoms with E-state index in [9.17, 15) is 27.6 Å². The molecule has 1 aliphatic rings. The molecule has 0 heterocycles. The van der Waals surface area contributed by atoms with E-state index >= 15 is 0 Å². The lowest BCUT2D eigenvalue weighted by molar-refractivity contribution is -0.175. The second kappa shape index (κ2) is 13.5. The van der Waals surface area contributed by atoms with Gasteiger partial charge in [0.2, 0.25) is 0 Å². The Balaban J connectivity index is 1.92. The molecule has 2 amide bonds. The van der Waals surface area contributed by atoms with Crippen LogP contribution in [0.2, 0.25) is 0 Å². The molecule has 11 heteroatoms. The minimum Gasteiger partial charge on any atom is -0.459 e. The standard InChI is InChI=1S/C29H36F3N3O5/c1-28(2,3)40-27(38)34-22-16-10-11-17-24(22)35(21-14-8-5-9-15-21)18-23(33-26(37)29(30,31)32)25(36)39-19-20-12-6-4-7-13-20/h4,6-7,10-13,16-17,21,23H,5,8-9,14-15,18-19H2,1-3H3,(H,33,37)(H,34,38)/t23-/m1/s1. The summed E-state index contributed by atoms with van der Waals surface area (Å²) in [6.07, 6.45) is -1.66. The van der Waals surface area contributed by atoms with Gasteiger partial charge in [-0.1, -0.05) is 61.7 Å². The van der Waals surface area contributed by atoms with Gasteiger partial charge >= 0.3 is 24.1 Å². The first-order valence-electron chi connectivity index (χ1n) is 13.3. The first-order valence-corrected chi connectivity index (χ1v) is 13.3. The summed E-state index contributed by atoms with van der Waals surface area (Å²) in [5, 5.41) is 4.55. The summed E-state index contributed by atoms with van der Waals surface area (Å²) in [5.74, 6) is -3.24. The van der Waals surface area contributed by atoms with Crippen molar-refractivity contribution in [2.24, 2.45) is 0 Å². The maximum absolute atomic E-state index is 13.2. The summed E-state index contributed by atoms with van der Waals surface area (Å²) in [6, 6.07) is 13.7. The largest absolute Gasteiger partial charge is 0.471 e. The number of amides is 2. The molecule has 0 aromatic heterocycles. The Morgan fingerprint density at radius 3 is 2.20 bits per heavy atom. The topological polar surface area (TPSA) is 97.0 Å². The van der Waals surface area contributed by atoms with Gasteiger partial charge in [0.15, 0.2) is 0 Å². The van der Waals surface area contributed by atoms with Gasteiger partial charge in [-0.05, 0) is 51.3 Å². The van der Waals surface area contributed by atoms with Crippen LogP contribution in [0, 0.1) is 0 Å². The molecule has 0 unspecified atom stereocenters. The number of halogens is 3. The number of rotatable bonds is 9. The molecule has 0 aliphatic heterocycles. The highest BCUT2D eigenvalue weighted by molar-refractivity contribution is 5.91. The molecule has 8 nitrogen and oxygen atoms in total. The molecule has 1 atom stereocenters. The predicted octanol–water partition coefficient (Wildman–Crippen LogP) is 5.96. The molecule has 0 bridgehead atoms. The lowest BCUT2D eigenvalue weighted by atomic mass is 9.93. The second-order valence-corrected chi connectivity index (χ2v) is 10.7. The van der Waals surface area contributed by atoms with Gasteiger partial charge in [0.25, 0.3) is 0 Å². The van der Waals surface area contributed by atoms with Crippen LogP contribution in [0.15, 0.2) is 54.6 Å². The monoisotopic (exact) mass is 563 g/mol. The van der Waals surface area contributed by atoms with Crippen LogP contribution in [0.25, 0.3) is 0 Å². The van der Waals surface area contributed by atoms with Crippen molar-refractivity contribution in [1.82, 2.24) is 5.32 Å². The zero-order chi connectivity index (χ0) is 29.3. The zero-order valence-electron chi connectivity index (χ0n) is 22.9. The minimum atomic E-state index is -5.19. The van der Waals surface area contributed by atoms with Crippen molar-refractivity contribution in [3.8, 4) is 0 Å². The average Bonchev–Trinajstić information content (AvgIpc) is 2.89. The first-order chi connectivity index (χ1) is 18.8. The molecule has 2 aromatic rings. The van der Waals surface area contributed by atoms with Crippen molar-refractivity contribution in [1.29, 1.82) is 0 Å². The van der Waals surface area contributed by atoms with E-state index in [2.05, 4.69) is 5.32 Å². The van der Waals surface area contributed by atoms with E-state index in [0.717, 1.165) is 32.1 Å². The fraction of sp³-hybridized carbons (Fsp3) is 0.483. The van der Waals surface area contributed by atoms with E-state index in [1.807, 2.05) is 5.32 Å². The molecule has 2 aromatic carbocycles. The van der Waals surface area contributed by atoms with Crippen molar-refractivity contribution >= 4 is 29.3 Å². The number of benzene rings is 2. The van der Waals surface area contributed by atoms with E-state index in [1.54, 1.807) is 80.3 Å². The van der Waals surface area contributed by atoms with Gasteiger partial charge in [0.1, 0.15) is 18.2 Å². The second-order valence-electron chi connectivity index (χ2n) is 10.7. The molecule has 1 saturated carbocycles. The summed E-state index contributed by atoms with van der Waals surface area (Å²) in [4.78, 5) is 39.4. The Kier molecular flexibility index (Phi) is 10.4. The summed E-state index contributed by atoms with van der Waals surface area (Å²) in [5.41, 5.74) is 0.744. The smallest absolute Gasteiger partial charge is 0.459 e. The van der Waals surface area contributed by atoms with Gasteiger partial charge in [-0.15, -0.1) is 0 Å².